The van der Waals surface area contributed by atoms with E-state index in [4.69, 9.17) is 0 Å². The summed E-state index contributed by atoms with van der Waals surface area (Å²) in [4.78, 5) is 14.5. The van der Waals surface area contributed by atoms with Gasteiger partial charge in [0.2, 0.25) is 5.91 Å². The lowest BCUT2D eigenvalue weighted by molar-refractivity contribution is -0.133. The minimum atomic E-state index is 0.163. The maximum Gasteiger partial charge on any atom is 0.242 e. The van der Waals surface area contributed by atoms with Crippen molar-refractivity contribution >= 4 is 11.6 Å². The van der Waals surface area contributed by atoms with Gasteiger partial charge >= 0.3 is 0 Å². The summed E-state index contributed by atoms with van der Waals surface area (Å²) in [5, 5.41) is 3.27. The summed E-state index contributed by atoms with van der Waals surface area (Å²) in [7, 11) is 0. The zero-order chi connectivity index (χ0) is 16.2. The van der Waals surface area contributed by atoms with Crippen molar-refractivity contribution in [1.29, 1.82) is 0 Å². The summed E-state index contributed by atoms with van der Waals surface area (Å²) >= 11 is 0. The monoisotopic (exact) mass is 302 g/mol. The molecule has 1 fully saturated rings. The second-order valence-corrected chi connectivity index (χ2v) is 7.33. The van der Waals surface area contributed by atoms with E-state index in [0.29, 0.717) is 12.6 Å². The first-order valence-electron chi connectivity index (χ1n) is 8.55. The maximum atomic E-state index is 12.4. The van der Waals surface area contributed by atoms with Crippen LogP contribution in [0, 0.1) is 0 Å². The third kappa shape index (κ3) is 4.25. The topological polar surface area (TPSA) is 32.3 Å². The van der Waals surface area contributed by atoms with Crippen LogP contribution in [-0.4, -0.2) is 29.9 Å². The van der Waals surface area contributed by atoms with Crippen LogP contribution in [-0.2, 0) is 10.2 Å². The Labute approximate surface area is 135 Å². The van der Waals surface area contributed by atoms with E-state index in [0.717, 1.165) is 31.5 Å². The van der Waals surface area contributed by atoms with Gasteiger partial charge in [-0.05, 0) is 48.8 Å². The van der Waals surface area contributed by atoms with Gasteiger partial charge in [-0.1, -0.05) is 39.8 Å². The number of benzene rings is 1. The van der Waals surface area contributed by atoms with Crippen LogP contribution in [0.3, 0.4) is 0 Å². The van der Waals surface area contributed by atoms with Crippen molar-refractivity contribution in [3.05, 3.63) is 29.8 Å². The van der Waals surface area contributed by atoms with Crippen LogP contribution in [0.25, 0.3) is 0 Å². The highest BCUT2D eigenvalue weighted by molar-refractivity contribution is 5.81. The van der Waals surface area contributed by atoms with Crippen molar-refractivity contribution in [2.24, 2.45) is 0 Å². The molecule has 1 aromatic rings. The average molecular weight is 302 g/mol. The lowest BCUT2D eigenvalue weighted by Crippen LogP contribution is -2.45. The van der Waals surface area contributed by atoms with E-state index in [1.54, 1.807) is 0 Å². The summed E-state index contributed by atoms with van der Waals surface area (Å²) in [6, 6.07) is 8.86. The lowest BCUT2D eigenvalue weighted by Gasteiger charge is -2.35. The highest BCUT2D eigenvalue weighted by Crippen LogP contribution is 2.23. The quantitative estimate of drug-likeness (QED) is 0.904. The molecule has 1 unspecified atom stereocenters. The van der Waals surface area contributed by atoms with E-state index in [-0.39, 0.29) is 11.3 Å². The molecule has 1 aliphatic rings. The predicted molar refractivity (Wildman–Crippen MR) is 93.3 cm³/mol. The maximum absolute atomic E-state index is 12.4. The fourth-order valence-corrected chi connectivity index (χ4v) is 3.12. The molecule has 0 radical (unpaired) electrons. The van der Waals surface area contributed by atoms with Crippen LogP contribution < -0.4 is 5.32 Å². The van der Waals surface area contributed by atoms with Gasteiger partial charge in [0.25, 0.3) is 0 Å². The van der Waals surface area contributed by atoms with Gasteiger partial charge in [0.1, 0.15) is 0 Å². The van der Waals surface area contributed by atoms with E-state index < -0.39 is 0 Å². The Balaban J connectivity index is 1.90. The molecule has 3 nitrogen and oxygen atoms in total. The van der Waals surface area contributed by atoms with Gasteiger partial charge in [-0.2, -0.15) is 0 Å². The molecule has 1 aliphatic heterocycles. The molecule has 122 valence electrons. The van der Waals surface area contributed by atoms with Crippen LogP contribution in [0.15, 0.2) is 24.3 Å². The minimum Gasteiger partial charge on any atom is -0.376 e. The van der Waals surface area contributed by atoms with Crippen molar-refractivity contribution in [2.75, 3.05) is 18.4 Å². The largest absolute Gasteiger partial charge is 0.376 e. The Morgan fingerprint density at radius 1 is 1.23 bits per heavy atom. The van der Waals surface area contributed by atoms with E-state index >= 15 is 0 Å². The SMILES string of the molecule is CCC1CCCCN1C(=O)CNc1ccc(C(C)(C)C)cc1. The standard InChI is InChI=1S/C19H30N2O/c1-5-17-8-6-7-13-21(17)18(22)14-20-16-11-9-15(10-12-16)19(2,3)4/h9-12,17,20H,5-8,13-14H2,1-4H3. The molecule has 1 saturated heterocycles. The van der Waals surface area contributed by atoms with Crippen molar-refractivity contribution in [3.63, 3.8) is 0 Å². The van der Waals surface area contributed by atoms with Gasteiger partial charge in [0.15, 0.2) is 0 Å². The van der Waals surface area contributed by atoms with Crippen LogP contribution in [0.1, 0.15) is 58.9 Å². The van der Waals surface area contributed by atoms with Gasteiger partial charge in [0.05, 0.1) is 6.54 Å². The summed E-state index contributed by atoms with van der Waals surface area (Å²) < 4.78 is 0. The second-order valence-electron chi connectivity index (χ2n) is 7.33. The zero-order valence-corrected chi connectivity index (χ0v) is 14.5. The molecule has 22 heavy (non-hydrogen) atoms. The first-order chi connectivity index (χ1) is 10.4. The highest BCUT2D eigenvalue weighted by Gasteiger charge is 2.24. The van der Waals surface area contributed by atoms with Crippen LogP contribution in [0.5, 0.6) is 0 Å². The molecule has 1 aromatic carbocycles. The van der Waals surface area contributed by atoms with Gasteiger partial charge in [-0.3, -0.25) is 4.79 Å². The van der Waals surface area contributed by atoms with E-state index in [1.807, 2.05) is 0 Å². The van der Waals surface area contributed by atoms with E-state index in [1.165, 1.54) is 12.0 Å². The third-order valence-corrected chi connectivity index (χ3v) is 4.61. The molecule has 0 spiro atoms. The summed E-state index contributed by atoms with van der Waals surface area (Å²) in [6.07, 6.45) is 4.61. The number of likely N-dealkylation sites (tertiary alicyclic amines) is 1. The van der Waals surface area contributed by atoms with Gasteiger partial charge < -0.3 is 10.2 Å². The van der Waals surface area contributed by atoms with Crippen LogP contribution in [0.4, 0.5) is 5.69 Å². The highest BCUT2D eigenvalue weighted by atomic mass is 16.2. The molecule has 1 heterocycles. The molecule has 1 N–H and O–H groups in total. The Morgan fingerprint density at radius 2 is 1.91 bits per heavy atom. The molecule has 1 atom stereocenters. The predicted octanol–water partition coefficient (Wildman–Crippen LogP) is 4.19. The Morgan fingerprint density at radius 3 is 2.50 bits per heavy atom. The fourth-order valence-electron chi connectivity index (χ4n) is 3.12. The van der Waals surface area contributed by atoms with Crippen molar-refractivity contribution in [1.82, 2.24) is 4.90 Å². The number of nitrogens with zero attached hydrogens (tertiary/aromatic N) is 1. The second kappa shape index (κ2) is 7.17. The first-order valence-corrected chi connectivity index (χ1v) is 8.55. The number of anilines is 1. The molecule has 0 saturated carbocycles. The Hall–Kier alpha value is -1.51. The first kappa shape index (κ1) is 16.9. The van der Waals surface area contributed by atoms with Crippen molar-refractivity contribution in [3.8, 4) is 0 Å². The lowest BCUT2D eigenvalue weighted by atomic mass is 9.87. The smallest absolute Gasteiger partial charge is 0.242 e. The number of carbonyl (C=O) groups excluding carboxylic acids is 1. The molecule has 0 aliphatic carbocycles. The normalized spacial score (nSPS) is 19.1. The van der Waals surface area contributed by atoms with Crippen molar-refractivity contribution < 1.29 is 4.79 Å². The Kier molecular flexibility index (Phi) is 5.49. The summed E-state index contributed by atoms with van der Waals surface area (Å²) in [5.41, 5.74) is 2.49. The fraction of sp³-hybridized carbons (Fsp3) is 0.632. The number of amides is 1. The average Bonchev–Trinajstić information content (AvgIpc) is 2.52. The number of hydrogen-bond donors (Lipinski definition) is 1. The summed E-state index contributed by atoms with van der Waals surface area (Å²) in [5.74, 6) is 0.228. The molecule has 0 aromatic heterocycles. The number of hydrogen-bond acceptors (Lipinski definition) is 2. The van der Waals surface area contributed by atoms with Gasteiger partial charge in [0, 0.05) is 18.3 Å². The van der Waals surface area contributed by atoms with Crippen LogP contribution >= 0.6 is 0 Å². The number of rotatable bonds is 4. The minimum absolute atomic E-state index is 0.163. The third-order valence-electron chi connectivity index (χ3n) is 4.61. The molecular formula is C19H30N2O. The van der Waals surface area contributed by atoms with Crippen molar-refractivity contribution in [2.45, 2.75) is 64.8 Å². The van der Waals surface area contributed by atoms with Crippen LogP contribution in [0.2, 0.25) is 0 Å². The number of nitrogens with one attached hydrogen (secondary N) is 1. The molecule has 0 bridgehead atoms. The molecule has 2 rings (SSSR count). The Bertz CT molecular complexity index is 487. The van der Waals surface area contributed by atoms with Gasteiger partial charge in [-0.25, -0.2) is 0 Å². The summed E-state index contributed by atoms with van der Waals surface area (Å²) in [6.45, 7) is 10.1. The number of carbonyl (C=O) groups is 1. The van der Waals surface area contributed by atoms with E-state index in [2.05, 4.69) is 62.2 Å². The molecular weight excluding hydrogens is 272 g/mol. The molecule has 3 heteroatoms. The molecule has 1 amide bonds. The van der Waals surface area contributed by atoms with E-state index in [9.17, 15) is 4.79 Å². The zero-order valence-electron chi connectivity index (χ0n) is 14.5. The number of piperidine rings is 1. The van der Waals surface area contributed by atoms with Gasteiger partial charge in [-0.15, -0.1) is 0 Å².